The van der Waals surface area contributed by atoms with Gasteiger partial charge in [0.05, 0.1) is 27.5 Å². The minimum Gasteiger partial charge on any atom is -0.493 e. The molecule has 8 nitrogen and oxygen atoms in total. The Labute approximate surface area is 162 Å². The molecule has 1 N–H and O–H groups in total. The summed E-state index contributed by atoms with van der Waals surface area (Å²) in [4.78, 5) is 12.8. The first-order valence-corrected chi connectivity index (χ1v) is 8.93. The quantitative estimate of drug-likeness (QED) is 0.871. The van der Waals surface area contributed by atoms with Crippen LogP contribution in [0.15, 0.2) is 29.6 Å². The van der Waals surface area contributed by atoms with Crippen LogP contribution < -0.4 is 19.5 Å². The number of nitrogens with zero attached hydrogens (tertiary/aromatic N) is 3. The molecule has 2 aliphatic rings. The van der Waals surface area contributed by atoms with Gasteiger partial charge in [-0.2, -0.15) is 10.4 Å². The molecule has 2 heterocycles. The molecule has 2 aromatic rings. The van der Waals surface area contributed by atoms with Gasteiger partial charge in [-0.1, -0.05) is 0 Å². The monoisotopic (exact) mass is 380 g/mol. The van der Waals surface area contributed by atoms with Crippen molar-refractivity contribution < 1.29 is 19.0 Å². The number of benzene rings is 1. The largest absolute Gasteiger partial charge is 0.493 e. The van der Waals surface area contributed by atoms with E-state index in [1.165, 1.54) is 6.20 Å². The van der Waals surface area contributed by atoms with E-state index in [1.807, 2.05) is 12.1 Å². The summed E-state index contributed by atoms with van der Waals surface area (Å²) in [6.07, 6.45) is 3.53. The number of carbonyl (C=O) groups excluding carboxylic acids is 1. The Kier molecular flexibility index (Phi) is 4.43. The zero-order valence-corrected chi connectivity index (χ0v) is 15.9. The first-order chi connectivity index (χ1) is 13.6. The fraction of sp³-hybridized carbons (Fsp3) is 0.350. The van der Waals surface area contributed by atoms with Gasteiger partial charge in [-0.3, -0.25) is 4.79 Å². The summed E-state index contributed by atoms with van der Waals surface area (Å²) in [7, 11) is 4.64. The number of ketones is 1. The molecule has 0 saturated carbocycles. The van der Waals surface area contributed by atoms with Gasteiger partial charge in [0.15, 0.2) is 17.3 Å². The molecule has 0 fully saturated rings. The highest BCUT2D eigenvalue weighted by atomic mass is 16.5. The van der Waals surface area contributed by atoms with Gasteiger partial charge in [0.1, 0.15) is 23.5 Å². The van der Waals surface area contributed by atoms with Crippen molar-refractivity contribution in [3.8, 4) is 23.3 Å². The van der Waals surface area contributed by atoms with Crippen LogP contribution in [0, 0.1) is 11.3 Å². The number of allylic oxidation sites excluding steroid dienone is 2. The van der Waals surface area contributed by atoms with E-state index in [-0.39, 0.29) is 5.78 Å². The van der Waals surface area contributed by atoms with Crippen LogP contribution >= 0.6 is 0 Å². The highest BCUT2D eigenvalue weighted by Gasteiger charge is 2.37. The number of anilines is 1. The molecule has 144 valence electrons. The Morgan fingerprint density at radius 1 is 1.18 bits per heavy atom. The average Bonchev–Trinajstić information content (AvgIpc) is 3.13. The summed E-state index contributed by atoms with van der Waals surface area (Å²) in [6.45, 7) is 0. The van der Waals surface area contributed by atoms with Gasteiger partial charge in [0.25, 0.3) is 0 Å². The number of hydrogen-bond acceptors (Lipinski definition) is 7. The maximum Gasteiger partial charge on any atom is 0.203 e. The summed E-state index contributed by atoms with van der Waals surface area (Å²) in [5.74, 6) is 2.14. The van der Waals surface area contributed by atoms with E-state index in [4.69, 9.17) is 14.2 Å². The van der Waals surface area contributed by atoms with Gasteiger partial charge < -0.3 is 19.5 Å². The minimum absolute atomic E-state index is 0.0761. The number of rotatable bonds is 4. The number of hydrogen-bond donors (Lipinski definition) is 1. The Bertz CT molecular complexity index is 1010. The Balaban J connectivity index is 1.97. The van der Waals surface area contributed by atoms with E-state index >= 15 is 0 Å². The standard InChI is InChI=1S/C20H20N4O4/c1-26-15-7-11(8-16(27-2)19(15)28-3)18-17-13(5-4-6-14(17)25)23-20-12(9-21)10-22-24(18)20/h7-8,10,18,23H,4-6H2,1-3H3/t18-/m0/s1. The van der Waals surface area contributed by atoms with Crippen LogP contribution in [-0.4, -0.2) is 36.9 Å². The highest BCUT2D eigenvalue weighted by Crippen LogP contribution is 2.46. The number of fused-ring (bicyclic) bond motifs is 1. The average molecular weight is 380 g/mol. The van der Waals surface area contributed by atoms with Crippen molar-refractivity contribution in [2.45, 2.75) is 25.3 Å². The molecule has 0 saturated heterocycles. The van der Waals surface area contributed by atoms with Gasteiger partial charge in [-0.25, -0.2) is 4.68 Å². The fourth-order valence-electron chi connectivity index (χ4n) is 3.91. The van der Waals surface area contributed by atoms with E-state index in [9.17, 15) is 10.1 Å². The normalized spacial score (nSPS) is 17.9. The van der Waals surface area contributed by atoms with E-state index in [1.54, 1.807) is 26.0 Å². The number of carbonyl (C=O) groups is 1. The molecule has 8 heteroatoms. The van der Waals surface area contributed by atoms with Crippen molar-refractivity contribution >= 4 is 11.6 Å². The predicted octanol–water partition coefficient (Wildman–Crippen LogP) is 2.80. The Morgan fingerprint density at radius 2 is 1.89 bits per heavy atom. The molecule has 1 atom stereocenters. The molecule has 0 unspecified atom stereocenters. The van der Waals surface area contributed by atoms with Crippen LogP contribution in [0.5, 0.6) is 17.2 Å². The Morgan fingerprint density at radius 3 is 2.50 bits per heavy atom. The van der Waals surface area contributed by atoms with E-state index < -0.39 is 6.04 Å². The first-order valence-electron chi connectivity index (χ1n) is 8.93. The molecule has 0 radical (unpaired) electrons. The third kappa shape index (κ3) is 2.59. The fourth-order valence-corrected chi connectivity index (χ4v) is 3.91. The topological polar surface area (TPSA) is 98.4 Å². The molecule has 4 rings (SSSR count). The second kappa shape index (κ2) is 6.93. The second-order valence-electron chi connectivity index (χ2n) is 6.62. The smallest absolute Gasteiger partial charge is 0.203 e. The van der Waals surface area contributed by atoms with Crippen molar-refractivity contribution in [1.29, 1.82) is 5.26 Å². The first kappa shape index (κ1) is 17.9. The van der Waals surface area contributed by atoms with Gasteiger partial charge >= 0.3 is 0 Å². The van der Waals surface area contributed by atoms with Crippen molar-refractivity contribution in [3.05, 3.63) is 40.7 Å². The molecule has 28 heavy (non-hydrogen) atoms. The molecule has 1 aromatic heterocycles. The minimum atomic E-state index is -0.477. The second-order valence-corrected chi connectivity index (χ2v) is 6.62. The van der Waals surface area contributed by atoms with Crippen LogP contribution in [0.3, 0.4) is 0 Å². The third-order valence-electron chi connectivity index (χ3n) is 5.16. The van der Waals surface area contributed by atoms with Crippen LogP contribution in [0.2, 0.25) is 0 Å². The molecule has 1 aliphatic carbocycles. The van der Waals surface area contributed by atoms with Crippen molar-refractivity contribution in [2.24, 2.45) is 0 Å². The van der Waals surface area contributed by atoms with Gasteiger partial charge in [0, 0.05) is 17.7 Å². The lowest BCUT2D eigenvalue weighted by molar-refractivity contribution is -0.116. The lowest BCUT2D eigenvalue weighted by atomic mass is 9.85. The summed E-state index contributed by atoms with van der Waals surface area (Å²) in [5.41, 5.74) is 2.72. The van der Waals surface area contributed by atoms with Gasteiger partial charge in [-0.15, -0.1) is 0 Å². The Hall–Kier alpha value is -3.47. The number of Topliss-reactive ketones (excluding diaryl/α,β-unsaturated/α-hetero) is 1. The van der Waals surface area contributed by atoms with Gasteiger partial charge in [-0.05, 0) is 30.5 Å². The van der Waals surface area contributed by atoms with Crippen molar-refractivity contribution in [3.63, 3.8) is 0 Å². The molecular weight excluding hydrogens is 360 g/mol. The summed E-state index contributed by atoms with van der Waals surface area (Å²) >= 11 is 0. The van der Waals surface area contributed by atoms with Crippen molar-refractivity contribution in [1.82, 2.24) is 9.78 Å². The van der Waals surface area contributed by atoms with Gasteiger partial charge in [0.2, 0.25) is 5.75 Å². The van der Waals surface area contributed by atoms with E-state index in [2.05, 4.69) is 16.5 Å². The van der Waals surface area contributed by atoms with Crippen molar-refractivity contribution in [2.75, 3.05) is 26.6 Å². The van der Waals surface area contributed by atoms with Crippen LogP contribution in [0.1, 0.15) is 36.4 Å². The molecule has 1 aliphatic heterocycles. The zero-order chi connectivity index (χ0) is 19.8. The number of nitrogens with one attached hydrogen (secondary N) is 1. The number of methoxy groups -OCH3 is 3. The molecule has 0 spiro atoms. The molecule has 0 amide bonds. The number of aromatic nitrogens is 2. The lowest BCUT2D eigenvalue weighted by Crippen LogP contribution is -2.31. The van der Waals surface area contributed by atoms with E-state index in [0.717, 1.165) is 24.1 Å². The number of nitriles is 1. The SMILES string of the molecule is COc1cc([C@H]2C3=C(CCCC3=O)Nc3c(C#N)cnn32)cc(OC)c1OC. The van der Waals surface area contributed by atoms with Crippen LogP contribution in [0.25, 0.3) is 0 Å². The predicted molar refractivity (Wildman–Crippen MR) is 101 cm³/mol. The molecular formula is C20H20N4O4. The maximum atomic E-state index is 12.8. The summed E-state index contributed by atoms with van der Waals surface area (Å²) in [5, 5.41) is 17.1. The van der Waals surface area contributed by atoms with Crippen LogP contribution in [0.4, 0.5) is 5.82 Å². The summed E-state index contributed by atoms with van der Waals surface area (Å²) in [6, 6.07) is 5.32. The molecule has 0 bridgehead atoms. The third-order valence-corrected chi connectivity index (χ3v) is 5.16. The maximum absolute atomic E-state index is 12.8. The van der Waals surface area contributed by atoms with Crippen LogP contribution in [-0.2, 0) is 4.79 Å². The summed E-state index contributed by atoms with van der Waals surface area (Å²) < 4.78 is 18.1. The zero-order valence-electron chi connectivity index (χ0n) is 15.9. The highest BCUT2D eigenvalue weighted by molar-refractivity contribution is 5.99. The number of ether oxygens (including phenoxy) is 3. The van der Waals surface area contributed by atoms with E-state index in [0.29, 0.717) is 40.6 Å². The molecule has 1 aromatic carbocycles. The lowest BCUT2D eigenvalue weighted by Gasteiger charge is -2.33.